The van der Waals surface area contributed by atoms with Crippen LogP contribution in [0, 0.1) is 11.8 Å². The minimum atomic E-state index is 0.675. The average molecular weight is 266 g/mol. The molecule has 0 aromatic carbocycles. The summed E-state index contributed by atoms with van der Waals surface area (Å²) in [6, 6.07) is 2.23. The van der Waals surface area contributed by atoms with Crippen molar-refractivity contribution in [2.75, 3.05) is 6.54 Å². The predicted octanol–water partition coefficient (Wildman–Crippen LogP) is 3.71. The Morgan fingerprint density at radius 2 is 1.74 bits per heavy atom. The zero-order valence-electron chi connectivity index (χ0n) is 13.3. The van der Waals surface area contributed by atoms with E-state index in [1.807, 2.05) is 0 Å². The molecule has 1 saturated carbocycles. The van der Waals surface area contributed by atoms with E-state index in [2.05, 4.69) is 31.4 Å². The summed E-state index contributed by atoms with van der Waals surface area (Å²) in [7, 11) is 0. The number of nitrogens with one attached hydrogen (secondary N) is 2. The summed E-state index contributed by atoms with van der Waals surface area (Å²) in [4.78, 5) is 0. The van der Waals surface area contributed by atoms with Crippen molar-refractivity contribution in [3.63, 3.8) is 0 Å². The van der Waals surface area contributed by atoms with Gasteiger partial charge in [0.2, 0.25) is 0 Å². The molecule has 0 aromatic heterocycles. The Labute approximate surface area is 120 Å². The van der Waals surface area contributed by atoms with Crippen LogP contribution in [0.15, 0.2) is 0 Å². The molecule has 0 bridgehead atoms. The molecule has 0 aromatic rings. The van der Waals surface area contributed by atoms with Crippen molar-refractivity contribution in [1.82, 2.24) is 10.6 Å². The first kappa shape index (κ1) is 15.3. The van der Waals surface area contributed by atoms with Crippen molar-refractivity contribution in [3.05, 3.63) is 0 Å². The van der Waals surface area contributed by atoms with Crippen molar-refractivity contribution < 1.29 is 0 Å². The van der Waals surface area contributed by atoms with Crippen LogP contribution in [0.25, 0.3) is 0 Å². The molecule has 1 aliphatic carbocycles. The number of rotatable bonds is 5. The Bertz CT molecular complexity index is 246. The van der Waals surface area contributed by atoms with Crippen LogP contribution in [-0.2, 0) is 0 Å². The van der Waals surface area contributed by atoms with Gasteiger partial charge in [-0.3, -0.25) is 0 Å². The first-order valence-corrected chi connectivity index (χ1v) is 8.66. The topological polar surface area (TPSA) is 24.1 Å². The first-order chi connectivity index (χ1) is 9.16. The second-order valence-corrected chi connectivity index (χ2v) is 7.31. The normalized spacial score (nSPS) is 34.4. The highest BCUT2D eigenvalue weighted by atomic mass is 15.0. The van der Waals surface area contributed by atoms with E-state index in [0.717, 1.165) is 23.9 Å². The molecule has 19 heavy (non-hydrogen) atoms. The van der Waals surface area contributed by atoms with Gasteiger partial charge in [-0.15, -0.1) is 0 Å². The summed E-state index contributed by atoms with van der Waals surface area (Å²) in [6.45, 7) is 8.29. The van der Waals surface area contributed by atoms with Crippen LogP contribution in [0.2, 0.25) is 0 Å². The van der Waals surface area contributed by atoms with Gasteiger partial charge in [0.15, 0.2) is 0 Å². The van der Waals surface area contributed by atoms with Gasteiger partial charge in [-0.05, 0) is 57.4 Å². The molecule has 112 valence electrons. The lowest BCUT2D eigenvalue weighted by Crippen LogP contribution is -2.52. The van der Waals surface area contributed by atoms with Gasteiger partial charge in [0.05, 0.1) is 0 Å². The highest BCUT2D eigenvalue weighted by Crippen LogP contribution is 2.31. The zero-order valence-corrected chi connectivity index (χ0v) is 13.3. The Morgan fingerprint density at radius 1 is 1.00 bits per heavy atom. The summed E-state index contributed by atoms with van der Waals surface area (Å²) < 4.78 is 0. The lowest BCUT2D eigenvalue weighted by molar-refractivity contribution is 0.170. The maximum atomic E-state index is 3.96. The zero-order chi connectivity index (χ0) is 13.7. The SMILES string of the molecule is CC(C)CC(C)NC1CCCCC1C1CCCCN1. The van der Waals surface area contributed by atoms with Crippen LogP contribution in [0.3, 0.4) is 0 Å². The van der Waals surface area contributed by atoms with Crippen LogP contribution < -0.4 is 10.6 Å². The second kappa shape index (κ2) is 7.64. The molecule has 2 aliphatic rings. The first-order valence-electron chi connectivity index (χ1n) is 8.66. The van der Waals surface area contributed by atoms with Crippen LogP contribution in [0.5, 0.6) is 0 Å². The molecule has 1 heterocycles. The molecule has 2 heteroatoms. The van der Waals surface area contributed by atoms with E-state index in [1.54, 1.807) is 0 Å². The van der Waals surface area contributed by atoms with Crippen molar-refractivity contribution >= 4 is 0 Å². The van der Waals surface area contributed by atoms with Gasteiger partial charge in [-0.1, -0.05) is 33.1 Å². The van der Waals surface area contributed by atoms with Gasteiger partial charge >= 0.3 is 0 Å². The third-order valence-electron chi connectivity index (χ3n) is 5.01. The lowest BCUT2D eigenvalue weighted by Gasteiger charge is -2.41. The average Bonchev–Trinajstić information content (AvgIpc) is 2.39. The van der Waals surface area contributed by atoms with Crippen LogP contribution in [0.1, 0.15) is 72.1 Å². The van der Waals surface area contributed by atoms with Gasteiger partial charge in [-0.2, -0.15) is 0 Å². The van der Waals surface area contributed by atoms with E-state index in [1.165, 1.54) is 57.9 Å². The Hall–Kier alpha value is -0.0800. The van der Waals surface area contributed by atoms with Gasteiger partial charge < -0.3 is 10.6 Å². The molecule has 2 rings (SSSR count). The third kappa shape index (κ3) is 4.75. The maximum Gasteiger partial charge on any atom is 0.0113 e. The van der Waals surface area contributed by atoms with Gasteiger partial charge in [0, 0.05) is 18.1 Å². The summed E-state index contributed by atoms with van der Waals surface area (Å²) in [6.07, 6.45) is 11.2. The van der Waals surface area contributed by atoms with Crippen molar-refractivity contribution in [3.8, 4) is 0 Å². The van der Waals surface area contributed by atoms with Crippen LogP contribution in [-0.4, -0.2) is 24.7 Å². The van der Waals surface area contributed by atoms with Crippen molar-refractivity contribution in [2.24, 2.45) is 11.8 Å². The van der Waals surface area contributed by atoms with Crippen LogP contribution in [0.4, 0.5) is 0 Å². The summed E-state index contributed by atoms with van der Waals surface area (Å²) >= 11 is 0. The fraction of sp³-hybridized carbons (Fsp3) is 1.00. The second-order valence-electron chi connectivity index (χ2n) is 7.31. The smallest absolute Gasteiger partial charge is 0.0113 e. The largest absolute Gasteiger partial charge is 0.314 e. The molecular weight excluding hydrogens is 232 g/mol. The summed E-state index contributed by atoms with van der Waals surface area (Å²) in [5, 5.41) is 7.75. The van der Waals surface area contributed by atoms with E-state index in [9.17, 15) is 0 Å². The fourth-order valence-electron chi connectivity index (χ4n) is 4.23. The molecule has 0 spiro atoms. The molecule has 2 nitrogen and oxygen atoms in total. The number of piperidine rings is 1. The van der Waals surface area contributed by atoms with E-state index in [-0.39, 0.29) is 0 Å². The molecule has 4 atom stereocenters. The monoisotopic (exact) mass is 266 g/mol. The number of hydrogen-bond acceptors (Lipinski definition) is 2. The van der Waals surface area contributed by atoms with E-state index >= 15 is 0 Å². The van der Waals surface area contributed by atoms with Gasteiger partial charge in [0.25, 0.3) is 0 Å². The molecule has 4 unspecified atom stereocenters. The lowest BCUT2D eigenvalue weighted by atomic mass is 9.77. The standard InChI is InChI=1S/C17H34N2/c1-13(2)12-14(3)19-17-10-5-4-8-15(17)16-9-6-7-11-18-16/h13-19H,4-12H2,1-3H3. The van der Waals surface area contributed by atoms with E-state index < -0.39 is 0 Å². The molecule has 2 N–H and O–H groups in total. The third-order valence-corrected chi connectivity index (χ3v) is 5.01. The summed E-state index contributed by atoms with van der Waals surface area (Å²) in [5.41, 5.74) is 0. The summed E-state index contributed by atoms with van der Waals surface area (Å²) in [5.74, 6) is 1.68. The molecule has 1 saturated heterocycles. The molecule has 0 amide bonds. The Balaban J connectivity index is 1.87. The van der Waals surface area contributed by atoms with E-state index in [4.69, 9.17) is 0 Å². The van der Waals surface area contributed by atoms with Gasteiger partial charge in [-0.25, -0.2) is 0 Å². The molecule has 2 fully saturated rings. The molecular formula is C17H34N2. The van der Waals surface area contributed by atoms with E-state index in [0.29, 0.717) is 6.04 Å². The Morgan fingerprint density at radius 3 is 2.42 bits per heavy atom. The highest BCUT2D eigenvalue weighted by Gasteiger charge is 2.32. The van der Waals surface area contributed by atoms with Crippen molar-refractivity contribution in [1.29, 1.82) is 0 Å². The fourth-order valence-corrected chi connectivity index (χ4v) is 4.23. The predicted molar refractivity (Wildman–Crippen MR) is 83.4 cm³/mol. The highest BCUT2D eigenvalue weighted by molar-refractivity contribution is 4.91. The maximum absolute atomic E-state index is 3.96. The molecule has 1 aliphatic heterocycles. The Kier molecular flexibility index (Phi) is 6.15. The van der Waals surface area contributed by atoms with Crippen LogP contribution >= 0.6 is 0 Å². The minimum absolute atomic E-state index is 0.675. The quantitative estimate of drug-likeness (QED) is 0.792. The van der Waals surface area contributed by atoms with Crippen molar-refractivity contribution in [2.45, 2.75) is 90.3 Å². The molecule has 0 radical (unpaired) electrons. The van der Waals surface area contributed by atoms with Gasteiger partial charge in [0.1, 0.15) is 0 Å². The minimum Gasteiger partial charge on any atom is -0.314 e. The number of hydrogen-bond donors (Lipinski definition) is 2.